The highest BCUT2D eigenvalue weighted by molar-refractivity contribution is 14.1. The molecule has 0 bridgehead atoms. The topological polar surface area (TPSA) is 47.7 Å². The predicted molar refractivity (Wildman–Crippen MR) is 36.8 cm³/mol. The van der Waals surface area contributed by atoms with E-state index in [1.54, 1.807) is 0 Å². The van der Waals surface area contributed by atoms with Gasteiger partial charge in [0.2, 0.25) is 0 Å². The summed E-state index contributed by atoms with van der Waals surface area (Å²) in [5, 5.41) is 13.0. The second-order valence-electron chi connectivity index (χ2n) is 1.07. The smallest absolute Gasteiger partial charge is 0.199 e. The van der Waals surface area contributed by atoms with Crippen LogP contribution in [0.5, 0.6) is 0 Å². The van der Waals surface area contributed by atoms with E-state index in [-0.39, 0.29) is 0 Å². The highest BCUT2D eigenvalue weighted by Gasteiger charge is 1.81. The van der Waals surface area contributed by atoms with Gasteiger partial charge in [-0.3, -0.25) is 0 Å². The molecule has 0 rings (SSSR count). The Labute approximate surface area is 61.2 Å². The first kappa shape index (κ1) is 7.93. The first-order valence-corrected chi connectivity index (χ1v) is 3.59. The molecule has 0 aliphatic heterocycles. The van der Waals surface area contributed by atoms with Crippen molar-refractivity contribution in [2.45, 2.75) is 0 Å². The first-order valence-electron chi connectivity index (χ1n) is 2.07. The lowest BCUT2D eigenvalue weighted by Crippen LogP contribution is -1.94. The number of rotatable bonds is 3. The standard InChI is InChI=1S/C3H7IN2O2/c1-6(7)5-8-3-2-4/h2-3H2,1H3. The summed E-state index contributed by atoms with van der Waals surface area (Å²) in [7, 11) is 1.27. The fraction of sp³-hybridized carbons (Fsp3) is 1.00. The van der Waals surface area contributed by atoms with Crippen molar-refractivity contribution >= 4 is 22.6 Å². The number of halogens is 1. The maximum absolute atomic E-state index is 9.94. The normalized spacial score (nSPS) is 11.5. The van der Waals surface area contributed by atoms with Gasteiger partial charge in [0.1, 0.15) is 6.61 Å². The van der Waals surface area contributed by atoms with E-state index in [1.807, 2.05) is 0 Å². The van der Waals surface area contributed by atoms with Crippen LogP contribution in [-0.2, 0) is 4.84 Å². The van der Waals surface area contributed by atoms with Gasteiger partial charge in [-0.2, -0.15) is 0 Å². The van der Waals surface area contributed by atoms with Crippen LogP contribution in [-0.4, -0.2) is 22.9 Å². The molecule has 0 fully saturated rings. The molecule has 0 heterocycles. The van der Waals surface area contributed by atoms with Gasteiger partial charge in [0.15, 0.2) is 12.3 Å². The van der Waals surface area contributed by atoms with E-state index in [4.69, 9.17) is 0 Å². The average molecular weight is 230 g/mol. The molecular weight excluding hydrogens is 223 g/mol. The zero-order chi connectivity index (χ0) is 6.41. The summed E-state index contributed by atoms with van der Waals surface area (Å²) in [6, 6.07) is 0. The molecule has 0 N–H and O–H groups in total. The molecule has 0 amide bonds. The van der Waals surface area contributed by atoms with E-state index < -0.39 is 0 Å². The Hall–Kier alpha value is -0.0700. The molecule has 0 unspecified atom stereocenters. The molecule has 0 aromatic heterocycles. The van der Waals surface area contributed by atoms with Crippen molar-refractivity contribution in [1.29, 1.82) is 0 Å². The van der Waals surface area contributed by atoms with Crippen molar-refractivity contribution in [3.63, 3.8) is 0 Å². The molecule has 0 aromatic carbocycles. The van der Waals surface area contributed by atoms with Crippen LogP contribution < -0.4 is 0 Å². The number of alkyl halides is 1. The molecule has 0 atom stereocenters. The Kier molecular flexibility index (Phi) is 5.03. The monoisotopic (exact) mass is 230 g/mol. The number of hydrogen-bond donors (Lipinski definition) is 0. The van der Waals surface area contributed by atoms with Crippen LogP contribution >= 0.6 is 22.6 Å². The predicted octanol–water partition coefficient (Wildman–Crippen LogP) is 0.945. The van der Waals surface area contributed by atoms with Crippen molar-refractivity contribution in [2.24, 2.45) is 5.28 Å². The van der Waals surface area contributed by atoms with E-state index in [1.165, 1.54) is 7.05 Å². The van der Waals surface area contributed by atoms with Gasteiger partial charge in [0.05, 0.1) is 0 Å². The summed E-state index contributed by atoms with van der Waals surface area (Å²) in [6.45, 7) is 0.493. The third-order valence-corrected chi connectivity index (χ3v) is 0.782. The summed E-state index contributed by atoms with van der Waals surface area (Å²) < 4.78 is 0.842. The molecule has 0 aliphatic carbocycles. The summed E-state index contributed by atoms with van der Waals surface area (Å²) >= 11 is 2.13. The molecular formula is C3H7IN2O2. The third kappa shape index (κ3) is 5.93. The van der Waals surface area contributed by atoms with Gasteiger partial charge in [-0.1, -0.05) is 27.5 Å². The molecule has 4 nitrogen and oxygen atoms in total. The molecule has 8 heavy (non-hydrogen) atoms. The Bertz CT molecular complexity index is 81.4. The van der Waals surface area contributed by atoms with Crippen LogP contribution in [0.15, 0.2) is 5.28 Å². The van der Waals surface area contributed by atoms with Crippen LogP contribution in [0.3, 0.4) is 0 Å². The number of nitrogens with zero attached hydrogens (tertiary/aromatic N) is 2. The van der Waals surface area contributed by atoms with Gasteiger partial charge in [0, 0.05) is 4.43 Å². The third-order valence-electron chi connectivity index (χ3n) is 0.341. The van der Waals surface area contributed by atoms with Crippen molar-refractivity contribution in [3.8, 4) is 0 Å². The Morgan fingerprint density at radius 3 is 2.88 bits per heavy atom. The molecule has 0 aromatic rings. The second kappa shape index (κ2) is 5.07. The average Bonchev–Trinajstić information content (AvgIpc) is 1.66. The highest BCUT2D eigenvalue weighted by atomic mass is 127. The molecule has 0 aliphatic rings. The van der Waals surface area contributed by atoms with E-state index in [0.29, 0.717) is 11.5 Å². The van der Waals surface area contributed by atoms with E-state index in [9.17, 15) is 5.21 Å². The molecule has 0 spiro atoms. The van der Waals surface area contributed by atoms with E-state index in [2.05, 4.69) is 32.7 Å². The van der Waals surface area contributed by atoms with Gasteiger partial charge in [-0.05, 0) is 0 Å². The molecule has 0 saturated heterocycles. The zero-order valence-corrected chi connectivity index (χ0v) is 6.66. The first-order chi connectivity index (χ1) is 3.77. The zero-order valence-electron chi connectivity index (χ0n) is 4.50. The van der Waals surface area contributed by atoms with E-state index >= 15 is 0 Å². The minimum atomic E-state index is 0.381. The largest absolute Gasteiger partial charge is 0.598 e. The lowest BCUT2D eigenvalue weighted by Gasteiger charge is -1.90. The summed E-state index contributed by atoms with van der Waals surface area (Å²) in [5.74, 6) is 0. The maximum atomic E-state index is 9.94. The number of hydrogen-bond acceptors (Lipinski definition) is 3. The Morgan fingerprint density at radius 2 is 2.50 bits per heavy atom. The number of hydroxylamine groups is 1. The Balaban J connectivity index is 3.03. The molecule has 48 valence electrons. The Morgan fingerprint density at radius 1 is 1.88 bits per heavy atom. The van der Waals surface area contributed by atoms with Gasteiger partial charge < -0.3 is 10.0 Å². The summed E-state index contributed by atoms with van der Waals surface area (Å²) in [5.41, 5.74) is 0. The van der Waals surface area contributed by atoms with Gasteiger partial charge in [-0.15, -0.1) is 0 Å². The van der Waals surface area contributed by atoms with Gasteiger partial charge in [-0.25, -0.2) is 0 Å². The summed E-state index contributed by atoms with van der Waals surface area (Å²) in [4.78, 5) is 4.86. The van der Waals surface area contributed by atoms with Crippen LogP contribution in [0.25, 0.3) is 0 Å². The highest BCUT2D eigenvalue weighted by Crippen LogP contribution is 1.82. The molecule has 0 saturated carbocycles. The van der Waals surface area contributed by atoms with Crippen LogP contribution in [0.2, 0.25) is 0 Å². The molecule has 5 heteroatoms. The SMILES string of the molecule is C[N+]([O-])=NOCCI. The van der Waals surface area contributed by atoms with Crippen molar-refractivity contribution in [2.75, 3.05) is 18.1 Å². The summed E-state index contributed by atoms with van der Waals surface area (Å²) in [6.07, 6.45) is 0. The van der Waals surface area contributed by atoms with Crippen molar-refractivity contribution in [3.05, 3.63) is 5.21 Å². The van der Waals surface area contributed by atoms with Gasteiger partial charge in [0.25, 0.3) is 0 Å². The van der Waals surface area contributed by atoms with Crippen LogP contribution in [0.1, 0.15) is 0 Å². The molecule has 0 radical (unpaired) electrons. The minimum Gasteiger partial charge on any atom is -0.598 e. The van der Waals surface area contributed by atoms with Crippen LogP contribution in [0, 0.1) is 5.21 Å². The fourth-order valence-corrected chi connectivity index (χ4v) is 0.354. The second-order valence-corrected chi connectivity index (χ2v) is 2.15. The quantitative estimate of drug-likeness (QED) is 0.181. The lowest BCUT2D eigenvalue weighted by atomic mass is 10.9. The van der Waals surface area contributed by atoms with Crippen molar-refractivity contribution in [1.82, 2.24) is 0 Å². The van der Waals surface area contributed by atoms with Gasteiger partial charge >= 0.3 is 0 Å². The fourth-order valence-electron chi connectivity index (χ4n) is 0.157. The van der Waals surface area contributed by atoms with E-state index in [0.717, 1.165) is 4.43 Å². The van der Waals surface area contributed by atoms with Crippen molar-refractivity contribution < 1.29 is 9.70 Å². The van der Waals surface area contributed by atoms with Crippen LogP contribution in [0.4, 0.5) is 0 Å². The minimum absolute atomic E-state index is 0.381. The lowest BCUT2D eigenvalue weighted by molar-refractivity contribution is -0.530. The maximum Gasteiger partial charge on any atom is 0.199 e.